The zero-order valence-corrected chi connectivity index (χ0v) is 10.7. The van der Waals surface area contributed by atoms with Gasteiger partial charge in [0.25, 0.3) is 0 Å². The van der Waals surface area contributed by atoms with Gasteiger partial charge in [0.15, 0.2) is 0 Å². The minimum absolute atomic E-state index is 0.00171. The summed E-state index contributed by atoms with van der Waals surface area (Å²) in [7, 11) is 3.02. The molecule has 0 aliphatic heterocycles. The van der Waals surface area contributed by atoms with Gasteiger partial charge in [-0.3, -0.25) is 4.79 Å². The molecule has 0 spiro atoms. The molecule has 1 rings (SSSR count). The molecule has 1 aromatic carbocycles. The fraction of sp³-hybridized carbons (Fsp3) is 0.462. The Hall–Kier alpha value is -1.71. The van der Waals surface area contributed by atoms with Gasteiger partial charge in [0, 0.05) is 6.04 Å². The monoisotopic (exact) mass is 237 g/mol. The van der Waals surface area contributed by atoms with Crippen LogP contribution in [-0.2, 0) is 9.53 Å². The Morgan fingerprint density at radius 1 is 1.41 bits per heavy atom. The quantitative estimate of drug-likeness (QED) is 0.799. The molecule has 17 heavy (non-hydrogen) atoms. The average Bonchev–Trinajstić information content (AvgIpc) is 2.29. The van der Waals surface area contributed by atoms with Gasteiger partial charge >= 0.3 is 5.97 Å². The second-order valence-electron chi connectivity index (χ2n) is 4.03. The molecule has 0 aliphatic rings. The highest BCUT2D eigenvalue weighted by atomic mass is 16.5. The molecule has 0 amide bonds. The maximum absolute atomic E-state index is 11.1. The largest absolute Gasteiger partial charge is 0.495 e. The van der Waals surface area contributed by atoms with Crippen molar-refractivity contribution in [2.45, 2.75) is 26.3 Å². The average molecular weight is 237 g/mol. The first-order valence-electron chi connectivity index (χ1n) is 5.54. The van der Waals surface area contributed by atoms with E-state index >= 15 is 0 Å². The van der Waals surface area contributed by atoms with Crippen molar-refractivity contribution in [1.82, 2.24) is 0 Å². The molecular weight excluding hydrogens is 218 g/mol. The van der Waals surface area contributed by atoms with Crippen LogP contribution < -0.4 is 10.1 Å². The molecule has 94 valence electrons. The number of nitrogens with one attached hydrogen (secondary N) is 1. The van der Waals surface area contributed by atoms with E-state index in [0.29, 0.717) is 6.42 Å². The summed E-state index contributed by atoms with van der Waals surface area (Å²) in [6.07, 6.45) is 0.327. The third-order valence-electron chi connectivity index (χ3n) is 2.46. The fourth-order valence-electron chi connectivity index (χ4n) is 1.58. The van der Waals surface area contributed by atoms with Gasteiger partial charge in [-0.15, -0.1) is 0 Å². The Labute approximate surface area is 102 Å². The molecule has 1 N–H and O–H groups in total. The number of esters is 1. The van der Waals surface area contributed by atoms with Crippen molar-refractivity contribution in [3.63, 3.8) is 0 Å². The number of anilines is 1. The maximum Gasteiger partial charge on any atom is 0.307 e. The lowest BCUT2D eigenvalue weighted by Crippen LogP contribution is -2.20. The molecule has 0 bridgehead atoms. The van der Waals surface area contributed by atoms with E-state index in [4.69, 9.17) is 4.74 Å². The van der Waals surface area contributed by atoms with Crippen molar-refractivity contribution in [1.29, 1.82) is 0 Å². The Bertz CT molecular complexity index is 390. The summed E-state index contributed by atoms with van der Waals surface area (Å²) in [6.45, 7) is 3.94. The van der Waals surface area contributed by atoms with E-state index in [9.17, 15) is 4.79 Å². The van der Waals surface area contributed by atoms with Gasteiger partial charge in [0.05, 0.1) is 26.3 Å². The number of carbonyl (C=O) groups excluding carboxylic acids is 1. The summed E-state index contributed by atoms with van der Waals surface area (Å²) in [6, 6.07) is 5.88. The molecule has 1 unspecified atom stereocenters. The van der Waals surface area contributed by atoms with Crippen LogP contribution in [0.3, 0.4) is 0 Å². The first-order chi connectivity index (χ1) is 8.06. The Balaban J connectivity index is 2.72. The normalized spacial score (nSPS) is 11.8. The molecule has 1 atom stereocenters. The van der Waals surface area contributed by atoms with Crippen LogP contribution >= 0.6 is 0 Å². The molecule has 0 aliphatic carbocycles. The highest BCUT2D eigenvalue weighted by Gasteiger charge is 2.11. The summed E-state index contributed by atoms with van der Waals surface area (Å²) in [5.74, 6) is 0.545. The van der Waals surface area contributed by atoms with Crippen LogP contribution in [-0.4, -0.2) is 26.2 Å². The second kappa shape index (κ2) is 6.13. The number of ether oxygens (including phenoxy) is 2. The molecule has 0 heterocycles. The third kappa shape index (κ3) is 3.98. The van der Waals surface area contributed by atoms with Crippen molar-refractivity contribution in [3.8, 4) is 5.75 Å². The second-order valence-corrected chi connectivity index (χ2v) is 4.03. The minimum Gasteiger partial charge on any atom is -0.495 e. The SMILES string of the molecule is COC(=O)CC(C)Nc1cc(C)ccc1OC. The van der Waals surface area contributed by atoms with Gasteiger partial charge in [-0.2, -0.15) is 0 Å². The van der Waals surface area contributed by atoms with E-state index in [2.05, 4.69) is 10.1 Å². The summed E-state index contributed by atoms with van der Waals surface area (Å²) in [4.78, 5) is 11.1. The van der Waals surface area contributed by atoms with Gasteiger partial charge in [-0.05, 0) is 31.5 Å². The van der Waals surface area contributed by atoms with E-state index < -0.39 is 0 Å². The van der Waals surface area contributed by atoms with Crippen LogP contribution in [0.2, 0.25) is 0 Å². The van der Waals surface area contributed by atoms with Gasteiger partial charge < -0.3 is 14.8 Å². The number of benzene rings is 1. The minimum atomic E-state index is -0.225. The van der Waals surface area contributed by atoms with Crippen LogP contribution in [0.15, 0.2) is 18.2 Å². The highest BCUT2D eigenvalue weighted by molar-refractivity contribution is 5.71. The maximum atomic E-state index is 11.1. The first kappa shape index (κ1) is 13.4. The van der Waals surface area contributed by atoms with Crippen LogP contribution in [0.1, 0.15) is 18.9 Å². The van der Waals surface area contributed by atoms with E-state index in [-0.39, 0.29) is 12.0 Å². The number of aryl methyl sites for hydroxylation is 1. The molecule has 0 aromatic heterocycles. The Kier molecular flexibility index (Phi) is 4.82. The number of carbonyl (C=O) groups is 1. The predicted octanol–water partition coefficient (Wildman–Crippen LogP) is 2.37. The molecule has 0 saturated carbocycles. The summed E-state index contributed by atoms with van der Waals surface area (Å²) in [5, 5.41) is 3.24. The smallest absolute Gasteiger partial charge is 0.307 e. The predicted molar refractivity (Wildman–Crippen MR) is 67.4 cm³/mol. The van der Waals surface area contributed by atoms with Crippen molar-refractivity contribution < 1.29 is 14.3 Å². The summed E-state index contributed by atoms with van der Waals surface area (Å²) >= 11 is 0. The molecule has 4 heteroatoms. The molecule has 4 nitrogen and oxygen atoms in total. The van der Waals surface area contributed by atoms with E-state index in [0.717, 1.165) is 17.0 Å². The van der Waals surface area contributed by atoms with Gasteiger partial charge in [-0.1, -0.05) is 6.07 Å². The van der Waals surface area contributed by atoms with Crippen LogP contribution in [0.25, 0.3) is 0 Å². The number of hydrogen-bond donors (Lipinski definition) is 1. The standard InChI is InChI=1S/C13H19NO3/c1-9-5-6-12(16-3)11(7-9)14-10(2)8-13(15)17-4/h5-7,10,14H,8H2,1-4H3. The zero-order valence-electron chi connectivity index (χ0n) is 10.7. The third-order valence-corrected chi connectivity index (χ3v) is 2.46. The topological polar surface area (TPSA) is 47.6 Å². The fourth-order valence-corrected chi connectivity index (χ4v) is 1.58. The highest BCUT2D eigenvalue weighted by Crippen LogP contribution is 2.26. The Morgan fingerprint density at radius 2 is 2.12 bits per heavy atom. The molecule has 0 saturated heterocycles. The number of methoxy groups -OCH3 is 2. The van der Waals surface area contributed by atoms with Crippen molar-refractivity contribution >= 4 is 11.7 Å². The molecular formula is C13H19NO3. The van der Waals surface area contributed by atoms with Crippen LogP contribution in [0.4, 0.5) is 5.69 Å². The van der Waals surface area contributed by atoms with E-state index in [1.165, 1.54) is 7.11 Å². The van der Waals surface area contributed by atoms with Gasteiger partial charge in [-0.25, -0.2) is 0 Å². The Morgan fingerprint density at radius 3 is 2.71 bits per heavy atom. The number of rotatable bonds is 5. The van der Waals surface area contributed by atoms with Crippen molar-refractivity contribution in [2.75, 3.05) is 19.5 Å². The lowest BCUT2D eigenvalue weighted by atomic mass is 10.1. The lowest BCUT2D eigenvalue weighted by molar-refractivity contribution is -0.140. The van der Waals surface area contributed by atoms with E-state index in [1.54, 1.807) is 7.11 Å². The van der Waals surface area contributed by atoms with Crippen molar-refractivity contribution in [2.24, 2.45) is 0 Å². The number of hydrogen-bond acceptors (Lipinski definition) is 4. The van der Waals surface area contributed by atoms with Crippen molar-refractivity contribution in [3.05, 3.63) is 23.8 Å². The zero-order chi connectivity index (χ0) is 12.8. The summed E-state index contributed by atoms with van der Waals surface area (Å²) in [5.41, 5.74) is 2.03. The molecule has 0 fully saturated rings. The van der Waals surface area contributed by atoms with E-state index in [1.807, 2.05) is 32.0 Å². The first-order valence-corrected chi connectivity index (χ1v) is 5.54. The van der Waals surface area contributed by atoms with Crippen LogP contribution in [0, 0.1) is 6.92 Å². The summed E-state index contributed by atoms with van der Waals surface area (Å²) < 4.78 is 9.88. The molecule has 0 radical (unpaired) electrons. The lowest BCUT2D eigenvalue weighted by Gasteiger charge is -2.17. The molecule has 1 aromatic rings. The van der Waals surface area contributed by atoms with Gasteiger partial charge in [0.2, 0.25) is 0 Å². The van der Waals surface area contributed by atoms with Crippen LogP contribution in [0.5, 0.6) is 5.75 Å². The van der Waals surface area contributed by atoms with Gasteiger partial charge in [0.1, 0.15) is 5.75 Å².